The lowest BCUT2D eigenvalue weighted by Gasteiger charge is -2.49. The fourth-order valence-electron chi connectivity index (χ4n) is 3.25. The van der Waals surface area contributed by atoms with Gasteiger partial charge in [-0.25, -0.2) is 9.48 Å². The number of aromatic nitrogens is 4. The largest absolute Gasteiger partial charge is 0.477 e. The van der Waals surface area contributed by atoms with Gasteiger partial charge in [-0.3, -0.25) is 14.5 Å². The maximum absolute atomic E-state index is 12.8. The molecule has 1 fully saturated rings. The minimum Gasteiger partial charge on any atom is -0.477 e. The highest BCUT2D eigenvalue weighted by atomic mass is 79.9. The lowest BCUT2D eigenvalue weighted by Crippen LogP contribution is -2.70. The molecule has 10 nitrogen and oxygen atoms in total. The Morgan fingerprint density at radius 2 is 2.19 bits per heavy atom. The predicted octanol–water partition coefficient (Wildman–Crippen LogP) is 1.43. The molecule has 1 aromatic heterocycles. The van der Waals surface area contributed by atoms with E-state index in [1.165, 1.54) is 33.1 Å². The quantitative estimate of drug-likeness (QED) is 0.425. The molecule has 0 bridgehead atoms. The summed E-state index contributed by atoms with van der Waals surface area (Å²) < 4.78 is 2.29. The van der Waals surface area contributed by atoms with Gasteiger partial charge in [-0.1, -0.05) is 33.8 Å². The first kappa shape index (κ1) is 21.8. The van der Waals surface area contributed by atoms with Crippen LogP contribution in [0.15, 0.2) is 39.1 Å². The fraction of sp³-hybridized carbons (Fsp3) is 0.333. The van der Waals surface area contributed by atoms with Crippen LogP contribution in [0.1, 0.15) is 15.9 Å². The molecule has 1 aromatic carbocycles. The Balaban J connectivity index is 1.49. The standard InChI is InChI=1S/C18H17BrN6O4S2/c1-8-3-4-9(5-11(8)19)14(26)20-12-15(27)25-13(17(28)29)10(6-30-16(12)25)7-31-18-21-22-23-24(18)2/h3-5,12,16H,6-7H2,1-2H3,(H,20,26)(H,28,29)/t12-,16+/m1/s1. The van der Waals surface area contributed by atoms with Crippen LogP contribution in [0.25, 0.3) is 0 Å². The summed E-state index contributed by atoms with van der Waals surface area (Å²) >= 11 is 6.12. The lowest BCUT2D eigenvalue weighted by molar-refractivity contribution is -0.148. The first-order valence-electron chi connectivity index (χ1n) is 9.10. The molecule has 2 amide bonds. The van der Waals surface area contributed by atoms with Gasteiger partial charge in [-0.2, -0.15) is 0 Å². The van der Waals surface area contributed by atoms with E-state index in [1.54, 1.807) is 19.2 Å². The van der Waals surface area contributed by atoms with Crippen molar-refractivity contribution >= 4 is 57.2 Å². The average Bonchev–Trinajstić information content (AvgIpc) is 3.15. The van der Waals surface area contributed by atoms with Crippen molar-refractivity contribution in [2.24, 2.45) is 7.05 Å². The molecular weight excluding hydrogens is 508 g/mol. The van der Waals surface area contributed by atoms with Crippen molar-refractivity contribution in [3.63, 3.8) is 0 Å². The van der Waals surface area contributed by atoms with Gasteiger partial charge in [0.1, 0.15) is 17.1 Å². The van der Waals surface area contributed by atoms with Crippen molar-refractivity contribution in [2.45, 2.75) is 23.5 Å². The first-order valence-corrected chi connectivity index (χ1v) is 11.9. The van der Waals surface area contributed by atoms with E-state index in [0.717, 1.165) is 10.0 Å². The number of hydrogen-bond donors (Lipinski definition) is 2. The number of nitrogens with zero attached hydrogens (tertiary/aromatic N) is 5. The number of tetrazole rings is 1. The molecule has 2 aliphatic heterocycles. The minimum atomic E-state index is -1.17. The number of aliphatic carboxylic acids is 1. The third-order valence-corrected chi connectivity index (χ3v) is 8.22. The van der Waals surface area contributed by atoms with Crippen LogP contribution in [-0.4, -0.2) is 70.9 Å². The van der Waals surface area contributed by atoms with Crippen LogP contribution in [0.5, 0.6) is 0 Å². The molecule has 0 spiro atoms. The van der Waals surface area contributed by atoms with Crippen LogP contribution in [0.3, 0.4) is 0 Å². The molecular formula is C18H17BrN6O4S2. The number of carboxylic acid groups (broad SMARTS) is 1. The van der Waals surface area contributed by atoms with Crippen LogP contribution in [-0.2, 0) is 16.6 Å². The molecule has 2 aliphatic rings. The number of hydrogen-bond acceptors (Lipinski definition) is 8. The van der Waals surface area contributed by atoms with Gasteiger partial charge in [0.15, 0.2) is 0 Å². The monoisotopic (exact) mass is 524 g/mol. The van der Waals surface area contributed by atoms with Crippen LogP contribution in [0.4, 0.5) is 0 Å². The van der Waals surface area contributed by atoms with E-state index < -0.39 is 23.3 Å². The van der Waals surface area contributed by atoms with E-state index in [4.69, 9.17) is 0 Å². The average molecular weight is 525 g/mol. The number of amides is 2. The second-order valence-electron chi connectivity index (χ2n) is 6.96. The van der Waals surface area contributed by atoms with Gasteiger partial charge in [-0.15, -0.1) is 16.9 Å². The number of carboxylic acids is 1. The molecule has 0 aliphatic carbocycles. The number of β-lactam (4-membered cyclic amide) rings is 1. The molecule has 0 saturated carbocycles. The zero-order valence-electron chi connectivity index (χ0n) is 16.4. The molecule has 4 rings (SSSR count). The van der Waals surface area contributed by atoms with Crippen molar-refractivity contribution in [1.82, 2.24) is 30.4 Å². The number of fused-ring (bicyclic) bond motifs is 1. The van der Waals surface area contributed by atoms with Crippen molar-refractivity contribution in [3.05, 3.63) is 45.1 Å². The highest BCUT2D eigenvalue weighted by Gasteiger charge is 2.54. The van der Waals surface area contributed by atoms with Crippen LogP contribution in [0, 0.1) is 6.92 Å². The van der Waals surface area contributed by atoms with Gasteiger partial charge in [0.25, 0.3) is 11.8 Å². The third-order valence-electron chi connectivity index (χ3n) is 4.93. The summed E-state index contributed by atoms with van der Waals surface area (Å²) in [7, 11) is 1.69. The van der Waals surface area contributed by atoms with Crippen molar-refractivity contribution in [1.29, 1.82) is 0 Å². The third kappa shape index (κ3) is 4.08. The lowest BCUT2D eigenvalue weighted by atomic mass is 10.0. The number of aryl methyl sites for hydroxylation is 2. The molecule has 0 radical (unpaired) electrons. The van der Waals surface area contributed by atoms with E-state index in [2.05, 4.69) is 36.8 Å². The number of carbonyl (C=O) groups is 3. The molecule has 0 unspecified atom stereocenters. The second-order valence-corrected chi connectivity index (χ2v) is 9.86. The van der Waals surface area contributed by atoms with Crippen LogP contribution in [0.2, 0.25) is 0 Å². The van der Waals surface area contributed by atoms with Gasteiger partial charge in [0, 0.05) is 28.6 Å². The van der Waals surface area contributed by atoms with E-state index >= 15 is 0 Å². The summed E-state index contributed by atoms with van der Waals surface area (Å²) in [5, 5.41) is 23.8. The second kappa shape index (κ2) is 8.63. The van der Waals surface area contributed by atoms with E-state index in [1.807, 2.05) is 13.0 Å². The molecule has 13 heteroatoms. The number of halogens is 1. The molecule has 1 saturated heterocycles. The van der Waals surface area contributed by atoms with Gasteiger partial charge < -0.3 is 10.4 Å². The molecule has 2 N–H and O–H groups in total. The number of nitrogens with one attached hydrogen (secondary N) is 1. The topological polar surface area (TPSA) is 130 Å². The fourth-order valence-corrected chi connectivity index (χ4v) is 5.96. The highest BCUT2D eigenvalue weighted by Crippen LogP contribution is 2.41. The van der Waals surface area contributed by atoms with Gasteiger partial charge in [0.2, 0.25) is 5.16 Å². The summed E-state index contributed by atoms with van der Waals surface area (Å²) in [5.74, 6) is -1.21. The summed E-state index contributed by atoms with van der Waals surface area (Å²) in [4.78, 5) is 38.6. The maximum Gasteiger partial charge on any atom is 0.352 e. The van der Waals surface area contributed by atoms with Gasteiger partial charge in [-0.05, 0) is 40.6 Å². The van der Waals surface area contributed by atoms with Gasteiger partial charge >= 0.3 is 5.97 Å². The van der Waals surface area contributed by atoms with Crippen LogP contribution < -0.4 is 5.32 Å². The SMILES string of the molecule is Cc1ccc(C(=O)N[C@@H]2C(=O)N3C(C(=O)O)=C(CSc4nnnn4C)CS[C@@H]23)cc1Br. The van der Waals surface area contributed by atoms with E-state index in [-0.39, 0.29) is 11.6 Å². The number of benzene rings is 1. The molecule has 162 valence electrons. The zero-order chi connectivity index (χ0) is 22.3. The summed E-state index contributed by atoms with van der Waals surface area (Å²) in [5.41, 5.74) is 2.00. The Morgan fingerprint density at radius 3 is 2.84 bits per heavy atom. The zero-order valence-corrected chi connectivity index (χ0v) is 19.6. The first-order chi connectivity index (χ1) is 14.8. The maximum atomic E-state index is 12.8. The highest BCUT2D eigenvalue weighted by molar-refractivity contribution is 9.10. The Hall–Kier alpha value is -2.38. The Labute approximate surface area is 193 Å². The van der Waals surface area contributed by atoms with Crippen molar-refractivity contribution in [3.8, 4) is 0 Å². The summed E-state index contributed by atoms with van der Waals surface area (Å²) in [6, 6.07) is 4.41. The van der Waals surface area contributed by atoms with Crippen molar-refractivity contribution in [2.75, 3.05) is 11.5 Å². The normalized spacial score (nSPS) is 20.4. The molecule has 2 atom stereocenters. The summed E-state index contributed by atoms with van der Waals surface area (Å²) in [6.07, 6.45) is 0. The van der Waals surface area contributed by atoms with Crippen LogP contribution >= 0.6 is 39.5 Å². The molecule has 2 aromatic rings. The van der Waals surface area contributed by atoms with E-state index in [0.29, 0.717) is 27.8 Å². The van der Waals surface area contributed by atoms with E-state index in [9.17, 15) is 19.5 Å². The molecule has 3 heterocycles. The summed E-state index contributed by atoms with van der Waals surface area (Å²) in [6.45, 7) is 1.91. The number of rotatable bonds is 6. The molecule has 31 heavy (non-hydrogen) atoms. The van der Waals surface area contributed by atoms with Gasteiger partial charge in [0.05, 0.1) is 0 Å². The van der Waals surface area contributed by atoms with Crippen molar-refractivity contribution < 1.29 is 19.5 Å². The Morgan fingerprint density at radius 1 is 1.42 bits per heavy atom. The smallest absolute Gasteiger partial charge is 0.352 e. The Bertz CT molecular complexity index is 1120. The number of carbonyl (C=O) groups excluding carboxylic acids is 2. The minimum absolute atomic E-state index is 0.0278. The Kier molecular flexibility index (Phi) is 6.08. The number of thioether (sulfide) groups is 2. The predicted molar refractivity (Wildman–Crippen MR) is 117 cm³/mol.